The first-order chi connectivity index (χ1) is 7.17. The first-order valence-electron chi connectivity index (χ1n) is 5.06. The predicted molar refractivity (Wildman–Crippen MR) is 59.8 cm³/mol. The van der Waals surface area contributed by atoms with E-state index >= 15 is 0 Å². The number of hydrogen-bond acceptors (Lipinski definition) is 4. The topological polar surface area (TPSA) is 75.6 Å². The van der Waals surface area contributed by atoms with Crippen LogP contribution in [-0.2, 0) is 14.3 Å². The number of hydrogen-bond donors (Lipinski definition) is 2. The van der Waals surface area contributed by atoms with Gasteiger partial charge in [0.1, 0.15) is 17.3 Å². The minimum atomic E-state index is -1.10. The number of nitrogens with one attached hydrogen (secondary N) is 1. The molecule has 0 spiro atoms. The highest BCUT2D eigenvalue weighted by Crippen LogP contribution is 2.08. The molecular weight excluding hydrogens is 210 g/mol. The Balaban J connectivity index is 4.42. The normalized spacial score (nSPS) is 14.2. The number of carbonyl (C=O) groups is 2. The summed E-state index contributed by atoms with van der Waals surface area (Å²) in [5, 5.41) is 11.3. The number of carbonyl (C=O) groups excluding carboxylic acids is 1. The summed E-state index contributed by atoms with van der Waals surface area (Å²) in [4.78, 5) is 22.2. The standard InChI is InChI=1S/C11H19NO4/c1-6-8(9(13)14)12-7(2)10(15)16-11(3,4)5/h6-7,12H,1-5H3,(H,13,14)/b8-6-/t7-/m0/s1. The summed E-state index contributed by atoms with van der Waals surface area (Å²) < 4.78 is 5.10. The molecular formula is C11H19NO4. The lowest BCUT2D eigenvalue weighted by atomic mass is 10.2. The molecule has 0 amide bonds. The molecule has 0 heterocycles. The van der Waals surface area contributed by atoms with Crippen molar-refractivity contribution in [1.29, 1.82) is 0 Å². The summed E-state index contributed by atoms with van der Waals surface area (Å²) in [6.45, 7) is 8.40. The van der Waals surface area contributed by atoms with Gasteiger partial charge >= 0.3 is 11.9 Å². The quantitative estimate of drug-likeness (QED) is 0.561. The van der Waals surface area contributed by atoms with Crippen molar-refractivity contribution in [2.24, 2.45) is 0 Å². The molecule has 16 heavy (non-hydrogen) atoms. The number of carboxylic acid groups (broad SMARTS) is 1. The van der Waals surface area contributed by atoms with Gasteiger partial charge in [-0.25, -0.2) is 9.59 Å². The maximum absolute atomic E-state index is 11.5. The van der Waals surface area contributed by atoms with Crippen LogP contribution in [0.3, 0.4) is 0 Å². The van der Waals surface area contributed by atoms with Crippen LogP contribution in [0.15, 0.2) is 11.8 Å². The van der Waals surface area contributed by atoms with Crippen LogP contribution in [0.5, 0.6) is 0 Å². The Hall–Kier alpha value is -1.52. The monoisotopic (exact) mass is 229 g/mol. The number of aliphatic carboxylic acids is 1. The molecule has 0 saturated heterocycles. The number of esters is 1. The lowest BCUT2D eigenvalue weighted by Gasteiger charge is -2.23. The highest BCUT2D eigenvalue weighted by molar-refractivity contribution is 5.87. The van der Waals surface area contributed by atoms with Crippen molar-refractivity contribution in [1.82, 2.24) is 5.32 Å². The molecule has 0 aliphatic rings. The van der Waals surface area contributed by atoms with E-state index in [1.54, 1.807) is 34.6 Å². The molecule has 0 bridgehead atoms. The molecule has 0 aromatic carbocycles. The summed E-state index contributed by atoms with van der Waals surface area (Å²) in [7, 11) is 0. The smallest absolute Gasteiger partial charge is 0.351 e. The second kappa shape index (κ2) is 5.53. The first-order valence-corrected chi connectivity index (χ1v) is 5.06. The number of allylic oxidation sites excluding steroid dienone is 1. The van der Waals surface area contributed by atoms with Crippen LogP contribution in [0.1, 0.15) is 34.6 Å². The maximum Gasteiger partial charge on any atom is 0.351 e. The molecule has 0 aromatic heterocycles. The van der Waals surface area contributed by atoms with Gasteiger partial charge in [-0.3, -0.25) is 0 Å². The van der Waals surface area contributed by atoms with Crippen molar-refractivity contribution in [2.45, 2.75) is 46.3 Å². The zero-order valence-electron chi connectivity index (χ0n) is 10.3. The molecule has 0 radical (unpaired) electrons. The van der Waals surface area contributed by atoms with E-state index in [0.717, 1.165) is 0 Å². The van der Waals surface area contributed by atoms with Crippen LogP contribution >= 0.6 is 0 Å². The minimum absolute atomic E-state index is 0.0154. The lowest BCUT2D eigenvalue weighted by Crippen LogP contribution is -2.40. The van der Waals surface area contributed by atoms with Crippen LogP contribution < -0.4 is 5.32 Å². The lowest BCUT2D eigenvalue weighted by molar-refractivity contribution is -0.156. The van der Waals surface area contributed by atoms with Crippen molar-refractivity contribution in [2.75, 3.05) is 0 Å². The van der Waals surface area contributed by atoms with Crippen molar-refractivity contribution < 1.29 is 19.4 Å². The second-order valence-corrected chi connectivity index (χ2v) is 4.41. The van der Waals surface area contributed by atoms with E-state index in [2.05, 4.69) is 5.32 Å². The van der Waals surface area contributed by atoms with E-state index in [9.17, 15) is 9.59 Å². The molecule has 5 nitrogen and oxygen atoms in total. The Morgan fingerprint density at radius 1 is 1.38 bits per heavy atom. The van der Waals surface area contributed by atoms with Crippen molar-refractivity contribution in [3.8, 4) is 0 Å². The van der Waals surface area contributed by atoms with E-state index in [4.69, 9.17) is 9.84 Å². The van der Waals surface area contributed by atoms with Gasteiger partial charge in [0.15, 0.2) is 0 Å². The maximum atomic E-state index is 11.5. The molecule has 1 atom stereocenters. The average molecular weight is 229 g/mol. The third kappa shape index (κ3) is 5.38. The zero-order valence-corrected chi connectivity index (χ0v) is 10.3. The minimum Gasteiger partial charge on any atom is -0.477 e. The fourth-order valence-corrected chi connectivity index (χ4v) is 0.951. The summed E-state index contributed by atoms with van der Waals surface area (Å²) in [6.07, 6.45) is 1.39. The third-order valence-corrected chi connectivity index (χ3v) is 1.65. The van der Waals surface area contributed by atoms with E-state index in [1.807, 2.05) is 0 Å². The zero-order chi connectivity index (χ0) is 12.9. The van der Waals surface area contributed by atoms with Crippen LogP contribution in [0.2, 0.25) is 0 Å². The summed E-state index contributed by atoms with van der Waals surface area (Å²) in [5.74, 6) is -1.58. The number of rotatable bonds is 4. The molecule has 0 aromatic rings. The van der Waals surface area contributed by atoms with Gasteiger partial charge in [0.25, 0.3) is 0 Å². The van der Waals surface area contributed by atoms with Gasteiger partial charge in [0, 0.05) is 0 Å². The fourth-order valence-electron chi connectivity index (χ4n) is 0.951. The van der Waals surface area contributed by atoms with Crippen LogP contribution in [0, 0.1) is 0 Å². The Labute approximate surface area is 95.5 Å². The SMILES string of the molecule is C/C=C(\N[C@@H](C)C(=O)OC(C)(C)C)C(=O)O. The third-order valence-electron chi connectivity index (χ3n) is 1.65. The Morgan fingerprint density at radius 2 is 1.88 bits per heavy atom. The van der Waals surface area contributed by atoms with Gasteiger partial charge in [-0.05, 0) is 34.6 Å². The van der Waals surface area contributed by atoms with E-state index in [1.165, 1.54) is 6.08 Å². The Morgan fingerprint density at radius 3 is 2.19 bits per heavy atom. The molecule has 0 rings (SSSR count). The molecule has 0 saturated carbocycles. The molecule has 0 fully saturated rings. The molecule has 0 aliphatic carbocycles. The van der Waals surface area contributed by atoms with Gasteiger partial charge in [-0.15, -0.1) is 0 Å². The molecule has 2 N–H and O–H groups in total. The van der Waals surface area contributed by atoms with Gasteiger partial charge < -0.3 is 15.2 Å². The fraction of sp³-hybridized carbons (Fsp3) is 0.636. The number of ether oxygens (including phenoxy) is 1. The second-order valence-electron chi connectivity index (χ2n) is 4.41. The molecule has 0 unspecified atom stereocenters. The summed E-state index contributed by atoms with van der Waals surface area (Å²) in [6, 6.07) is -0.693. The average Bonchev–Trinajstić information content (AvgIpc) is 2.10. The van der Waals surface area contributed by atoms with Gasteiger partial charge in [0.05, 0.1) is 0 Å². The van der Waals surface area contributed by atoms with E-state index in [-0.39, 0.29) is 5.70 Å². The van der Waals surface area contributed by atoms with Crippen molar-refractivity contribution >= 4 is 11.9 Å². The number of carboxylic acids is 1. The first kappa shape index (κ1) is 14.5. The highest BCUT2D eigenvalue weighted by Gasteiger charge is 2.23. The van der Waals surface area contributed by atoms with E-state index in [0.29, 0.717) is 0 Å². The van der Waals surface area contributed by atoms with E-state index < -0.39 is 23.6 Å². The van der Waals surface area contributed by atoms with Crippen LogP contribution in [0.4, 0.5) is 0 Å². The molecule has 92 valence electrons. The van der Waals surface area contributed by atoms with Gasteiger partial charge in [0.2, 0.25) is 0 Å². The van der Waals surface area contributed by atoms with Crippen LogP contribution in [-0.4, -0.2) is 28.7 Å². The molecule has 5 heteroatoms. The Bertz CT molecular complexity index is 302. The van der Waals surface area contributed by atoms with Gasteiger partial charge in [-0.2, -0.15) is 0 Å². The Kier molecular flexibility index (Phi) is 5.01. The largest absolute Gasteiger partial charge is 0.477 e. The van der Waals surface area contributed by atoms with Crippen molar-refractivity contribution in [3.05, 3.63) is 11.8 Å². The van der Waals surface area contributed by atoms with Gasteiger partial charge in [-0.1, -0.05) is 6.08 Å². The highest BCUT2D eigenvalue weighted by atomic mass is 16.6. The summed E-state index contributed by atoms with van der Waals surface area (Å²) in [5.41, 5.74) is -0.592. The van der Waals surface area contributed by atoms with Crippen LogP contribution in [0.25, 0.3) is 0 Å². The summed E-state index contributed by atoms with van der Waals surface area (Å²) >= 11 is 0. The molecule has 0 aliphatic heterocycles. The predicted octanol–water partition coefficient (Wildman–Crippen LogP) is 1.29. The van der Waals surface area contributed by atoms with Crippen molar-refractivity contribution in [3.63, 3.8) is 0 Å².